The summed E-state index contributed by atoms with van der Waals surface area (Å²) in [5.74, 6) is -3.06. The quantitative estimate of drug-likeness (QED) is 0.268. The molecular formula is C13H24N4O5S. The number of nitrogens with two attached hydrogens (primary N) is 1. The van der Waals surface area contributed by atoms with Gasteiger partial charge in [-0.3, -0.25) is 19.2 Å². The number of hydrogen-bond donors (Lipinski definition) is 6. The number of carbonyl (C=O) groups is 4. The van der Waals surface area contributed by atoms with Gasteiger partial charge in [0.05, 0.1) is 6.04 Å². The van der Waals surface area contributed by atoms with Crippen LogP contribution in [0.3, 0.4) is 0 Å². The van der Waals surface area contributed by atoms with E-state index in [0.29, 0.717) is 0 Å². The van der Waals surface area contributed by atoms with Crippen LogP contribution in [0.15, 0.2) is 0 Å². The van der Waals surface area contributed by atoms with Gasteiger partial charge in [0, 0.05) is 5.75 Å². The molecule has 0 bridgehead atoms. The Morgan fingerprint density at radius 3 is 2.04 bits per heavy atom. The Morgan fingerprint density at radius 1 is 1.04 bits per heavy atom. The highest BCUT2D eigenvalue weighted by molar-refractivity contribution is 7.80. The van der Waals surface area contributed by atoms with Crippen LogP contribution in [0.2, 0.25) is 0 Å². The van der Waals surface area contributed by atoms with Gasteiger partial charge in [-0.2, -0.15) is 12.6 Å². The van der Waals surface area contributed by atoms with Crippen LogP contribution in [0.1, 0.15) is 20.8 Å². The van der Waals surface area contributed by atoms with Crippen LogP contribution in [-0.2, 0) is 19.2 Å². The van der Waals surface area contributed by atoms with Crippen molar-refractivity contribution in [2.45, 2.75) is 38.9 Å². The lowest BCUT2D eigenvalue weighted by Crippen LogP contribution is -2.56. The lowest BCUT2D eigenvalue weighted by atomic mass is 10.0. The average Bonchev–Trinajstić information content (AvgIpc) is 2.48. The summed E-state index contributed by atoms with van der Waals surface area (Å²) < 4.78 is 0. The average molecular weight is 348 g/mol. The van der Waals surface area contributed by atoms with Gasteiger partial charge < -0.3 is 26.8 Å². The van der Waals surface area contributed by atoms with Gasteiger partial charge in [-0.15, -0.1) is 0 Å². The molecule has 9 nitrogen and oxygen atoms in total. The number of carbonyl (C=O) groups excluding carboxylic acids is 3. The van der Waals surface area contributed by atoms with Crippen molar-refractivity contribution in [3.63, 3.8) is 0 Å². The molecule has 3 unspecified atom stereocenters. The van der Waals surface area contributed by atoms with Crippen LogP contribution in [0.5, 0.6) is 0 Å². The molecule has 3 atom stereocenters. The van der Waals surface area contributed by atoms with E-state index >= 15 is 0 Å². The van der Waals surface area contributed by atoms with E-state index in [2.05, 4.69) is 28.6 Å². The fourth-order valence-corrected chi connectivity index (χ4v) is 1.71. The first-order valence-electron chi connectivity index (χ1n) is 7.06. The minimum atomic E-state index is -1.20. The van der Waals surface area contributed by atoms with Crippen LogP contribution in [0.25, 0.3) is 0 Å². The molecule has 0 fully saturated rings. The van der Waals surface area contributed by atoms with Gasteiger partial charge >= 0.3 is 5.97 Å². The zero-order valence-corrected chi connectivity index (χ0v) is 14.2. The zero-order valence-electron chi connectivity index (χ0n) is 13.3. The number of carboxylic acid groups (broad SMARTS) is 1. The molecule has 0 radical (unpaired) electrons. The van der Waals surface area contributed by atoms with Crippen LogP contribution < -0.4 is 21.7 Å². The molecule has 0 saturated carbocycles. The summed E-state index contributed by atoms with van der Waals surface area (Å²) in [5, 5.41) is 15.5. The van der Waals surface area contributed by atoms with Crippen molar-refractivity contribution in [3.8, 4) is 0 Å². The van der Waals surface area contributed by atoms with Crippen LogP contribution in [-0.4, -0.2) is 59.2 Å². The fourth-order valence-electron chi connectivity index (χ4n) is 1.45. The summed E-state index contributed by atoms with van der Waals surface area (Å²) in [5.41, 5.74) is 5.68. The third kappa shape index (κ3) is 7.84. The number of thiol groups is 1. The molecule has 0 aliphatic carbocycles. The van der Waals surface area contributed by atoms with E-state index in [1.807, 2.05) is 0 Å². The smallest absolute Gasteiger partial charge is 0.322 e. The van der Waals surface area contributed by atoms with E-state index in [9.17, 15) is 19.2 Å². The van der Waals surface area contributed by atoms with Gasteiger partial charge in [0.1, 0.15) is 18.6 Å². The summed E-state index contributed by atoms with van der Waals surface area (Å²) >= 11 is 3.94. The molecule has 0 aromatic rings. The number of amides is 3. The molecule has 132 valence electrons. The standard InChI is InChI=1S/C13H24N4O5S/c1-6(2)10(14)13(22)16-7(3)11(20)17-8(5-23)12(21)15-4-9(18)19/h6-8,10,23H,4-5,14H2,1-3H3,(H,15,21)(H,16,22)(H,17,20)(H,18,19). The van der Waals surface area contributed by atoms with E-state index in [0.717, 1.165) is 0 Å². The minimum Gasteiger partial charge on any atom is -0.480 e. The Hall–Kier alpha value is -1.81. The lowest BCUT2D eigenvalue weighted by Gasteiger charge is -2.21. The SMILES string of the molecule is CC(NC(=O)C(N)C(C)C)C(=O)NC(CS)C(=O)NCC(=O)O. The van der Waals surface area contributed by atoms with Crippen molar-refractivity contribution >= 4 is 36.3 Å². The predicted octanol–water partition coefficient (Wildman–Crippen LogP) is -1.91. The second-order valence-electron chi connectivity index (χ2n) is 5.36. The Kier molecular flexibility index (Phi) is 9.27. The molecule has 0 aliphatic rings. The molecule has 23 heavy (non-hydrogen) atoms. The summed E-state index contributed by atoms with van der Waals surface area (Å²) in [4.78, 5) is 45.9. The summed E-state index contributed by atoms with van der Waals surface area (Å²) in [7, 11) is 0. The predicted molar refractivity (Wildman–Crippen MR) is 86.8 cm³/mol. The highest BCUT2D eigenvalue weighted by Crippen LogP contribution is 1.99. The molecule has 0 saturated heterocycles. The van der Waals surface area contributed by atoms with Crippen molar-refractivity contribution in [2.24, 2.45) is 11.7 Å². The van der Waals surface area contributed by atoms with Gasteiger partial charge in [0.2, 0.25) is 17.7 Å². The molecule has 0 aromatic carbocycles. The third-order valence-corrected chi connectivity index (χ3v) is 3.37. The van der Waals surface area contributed by atoms with Gasteiger partial charge in [0.25, 0.3) is 0 Å². The van der Waals surface area contributed by atoms with Crippen LogP contribution in [0, 0.1) is 5.92 Å². The van der Waals surface area contributed by atoms with E-state index in [4.69, 9.17) is 10.8 Å². The summed E-state index contributed by atoms with van der Waals surface area (Å²) in [6.07, 6.45) is 0. The first-order chi connectivity index (χ1) is 10.6. The molecule has 3 amide bonds. The van der Waals surface area contributed by atoms with Crippen LogP contribution >= 0.6 is 12.6 Å². The highest BCUT2D eigenvalue weighted by atomic mass is 32.1. The third-order valence-electron chi connectivity index (χ3n) is 3.00. The monoisotopic (exact) mass is 348 g/mol. The minimum absolute atomic E-state index is 0.0244. The van der Waals surface area contributed by atoms with Crippen molar-refractivity contribution in [1.29, 1.82) is 0 Å². The van der Waals surface area contributed by atoms with Crippen molar-refractivity contribution < 1.29 is 24.3 Å². The van der Waals surface area contributed by atoms with Gasteiger partial charge in [-0.1, -0.05) is 13.8 Å². The number of carboxylic acids is 1. The number of hydrogen-bond acceptors (Lipinski definition) is 6. The molecule has 10 heteroatoms. The number of nitrogens with one attached hydrogen (secondary N) is 3. The normalized spacial score (nSPS) is 14.5. The Labute approximate surface area is 140 Å². The molecule has 0 aromatic heterocycles. The zero-order chi connectivity index (χ0) is 18.2. The van der Waals surface area contributed by atoms with E-state index in [-0.39, 0.29) is 11.7 Å². The van der Waals surface area contributed by atoms with Crippen molar-refractivity contribution in [1.82, 2.24) is 16.0 Å². The topological polar surface area (TPSA) is 151 Å². The Morgan fingerprint density at radius 2 is 1.61 bits per heavy atom. The first-order valence-corrected chi connectivity index (χ1v) is 7.70. The second-order valence-corrected chi connectivity index (χ2v) is 5.72. The Bertz CT molecular complexity index is 458. The highest BCUT2D eigenvalue weighted by Gasteiger charge is 2.25. The Balaban J connectivity index is 4.55. The second kappa shape index (κ2) is 10.1. The number of aliphatic carboxylic acids is 1. The summed E-state index contributed by atoms with van der Waals surface area (Å²) in [6.45, 7) is 4.44. The molecule has 0 spiro atoms. The molecule has 0 rings (SSSR count). The van der Waals surface area contributed by atoms with Gasteiger partial charge in [-0.25, -0.2) is 0 Å². The lowest BCUT2D eigenvalue weighted by molar-refractivity contribution is -0.138. The number of rotatable bonds is 9. The maximum Gasteiger partial charge on any atom is 0.322 e. The van der Waals surface area contributed by atoms with E-state index in [1.54, 1.807) is 13.8 Å². The van der Waals surface area contributed by atoms with Gasteiger partial charge in [-0.05, 0) is 12.8 Å². The van der Waals surface area contributed by atoms with Crippen molar-refractivity contribution in [3.05, 3.63) is 0 Å². The molecule has 6 N–H and O–H groups in total. The van der Waals surface area contributed by atoms with Crippen molar-refractivity contribution in [2.75, 3.05) is 12.3 Å². The largest absolute Gasteiger partial charge is 0.480 e. The maximum atomic E-state index is 12.0. The first kappa shape index (κ1) is 21.2. The fraction of sp³-hybridized carbons (Fsp3) is 0.692. The van der Waals surface area contributed by atoms with E-state index in [1.165, 1.54) is 6.92 Å². The van der Waals surface area contributed by atoms with Gasteiger partial charge in [0.15, 0.2) is 0 Å². The summed E-state index contributed by atoms with van der Waals surface area (Å²) in [6, 6.07) is -2.66. The molecular weight excluding hydrogens is 324 g/mol. The van der Waals surface area contributed by atoms with Crippen LogP contribution in [0.4, 0.5) is 0 Å². The molecule has 0 aliphatic heterocycles. The molecule has 0 heterocycles. The maximum absolute atomic E-state index is 12.0. The van der Waals surface area contributed by atoms with E-state index < -0.39 is 48.4 Å².